The minimum absolute atomic E-state index is 0.0505. The molecular weight excluding hydrogens is 342 g/mol. The molecule has 11 nitrogen and oxygen atoms in total. The van der Waals surface area contributed by atoms with E-state index in [2.05, 4.69) is 20.8 Å². The van der Waals surface area contributed by atoms with Crippen LogP contribution in [0.4, 0.5) is 11.5 Å². The van der Waals surface area contributed by atoms with E-state index in [1.54, 1.807) is 7.05 Å². The van der Waals surface area contributed by atoms with Crippen LogP contribution in [0.3, 0.4) is 0 Å². The van der Waals surface area contributed by atoms with Gasteiger partial charge in [-0.3, -0.25) is 14.3 Å². The highest BCUT2D eigenvalue weighted by molar-refractivity contribution is 6.33. The Bertz CT molecular complexity index is 826. The van der Waals surface area contributed by atoms with Gasteiger partial charge in [-0.25, -0.2) is 0 Å². The number of carbonyl (C=O) groups excluding carboxylic acids is 2. The van der Waals surface area contributed by atoms with Gasteiger partial charge in [0.1, 0.15) is 6.54 Å². The number of rotatable bonds is 5. The maximum absolute atomic E-state index is 12.1. The molecule has 0 bridgehead atoms. The van der Waals surface area contributed by atoms with E-state index in [1.165, 1.54) is 24.9 Å². The predicted molar refractivity (Wildman–Crippen MR) is 83.9 cm³/mol. The first-order valence-electron chi connectivity index (χ1n) is 6.67. The molecule has 0 spiro atoms. The molecular formula is C12H14ClN7O4. The maximum atomic E-state index is 12.1. The topological polar surface area (TPSA) is 137 Å². The molecule has 2 rings (SSSR count). The lowest BCUT2D eigenvalue weighted by atomic mass is 10.3. The Balaban J connectivity index is 2.19. The van der Waals surface area contributed by atoms with E-state index in [9.17, 15) is 19.7 Å². The Morgan fingerprint density at radius 2 is 2.08 bits per heavy atom. The summed E-state index contributed by atoms with van der Waals surface area (Å²) in [6.45, 7) is 1.21. The van der Waals surface area contributed by atoms with E-state index in [4.69, 9.17) is 11.6 Å². The monoisotopic (exact) mass is 355 g/mol. The van der Waals surface area contributed by atoms with Crippen molar-refractivity contribution in [2.24, 2.45) is 7.05 Å². The van der Waals surface area contributed by atoms with Crippen LogP contribution in [0.1, 0.15) is 16.2 Å². The summed E-state index contributed by atoms with van der Waals surface area (Å²) in [4.78, 5) is 33.9. The molecule has 2 amide bonds. The third kappa shape index (κ3) is 3.35. The largest absolute Gasteiger partial charge is 0.408 e. The van der Waals surface area contributed by atoms with Gasteiger partial charge in [-0.05, 0) is 11.8 Å². The molecule has 0 saturated heterocycles. The molecule has 0 atom stereocenters. The average molecular weight is 356 g/mol. The van der Waals surface area contributed by atoms with Gasteiger partial charge in [0.2, 0.25) is 5.91 Å². The van der Waals surface area contributed by atoms with Gasteiger partial charge in [0.05, 0.1) is 16.5 Å². The van der Waals surface area contributed by atoms with Crippen molar-refractivity contribution < 1.29 is 14.5 Å². The number of nitro groups is 1. The molecule has 2 N–H and O–H groups in total. The molecule has 128 valence electrons. The summed E-state index contributed by atoms with van der Waals surface area (Å²) in [6.07, 6.45) is 1.47. The van der Waals surface area contributed by atoms with Gasteiger partial charge in [-0.15, -0.1) is 0 Å². The lowest BCUT2D eigenvalue weighted by Gasteiger charge is -2.04. The first kappa shape index (κ1) is 17.4. The third-order valence-electron chi connectivity index (χ3n) is 3.13. The summed E-state index contributed by atoms with van der Waals surface area (Å²) in [7, 11) is 3.04. The van der Waals surface area contributed by atoms with Crippen LogP contribution in [0, 0.1) is 17.0 Å². The van der Waals surface area contributed by atoms with Crippen molar-refractivity contribution >= 4 is 34.9 Å². The Kier molecular flexibility index (Phi) is 4.83. The van der Waals surface area contributed by atoms with Gasteiger partial charge >= 0.3 is 5.82 Å². The van der Waals surface area contributed by atoms with Gasteiger partial charge in [0, 0.05) is 20.3 Å². The normalized spacial score (nSPS) is 10.5. The summed E-state index contributed by atoms with van der Waals surface area (Å²) < 4.78 is 2.49. The second-order valence-electron chi connectivity index (χ2n) is 4.83. The number of anilines is 1. The number of nitrogens with zero attached hydrogens (tertiary/aromatic N) is 5. The smallest absolute Gasteiger partial charge is 0.358 e. The lowest BCUT2D eigenvalue weighted by Crippen LogP contribution is -2.24. The van der Waals surface area contributed by atoms with E-state index in [-0.39, 0.29) is 28.6 Å². The molecule has 12 heteroatoms. The van der Waals surface area contributed by atoms with Crippen molar-refractivity contribution in [1.82, 2.24) is 24.9 Å². The highest BCUT2D eigenvalue weighted by Crippen LogP contribution is 2.26. The highest BCUT2D eigenvalue weighted by atomic mass is 35.5. The Labute approximate surface area is 140 Å². The van der Waals surface area contributed by atoms with E-state index in [0.717, 1.165) is 4.68 Å². The SMILES string of the molecule is CNC(=O)c1nn(C)cc1NC(=O)Cn1nc([N+](=O)[O-])c(Cl)c1C. The molecule has 0 unspecified atom stereocenters. The number of amides is 2. The summed E-state index contributed by atoms with van der Waals surface area (Å²) in [5.41, 5.74) is 0.554. The van der Waals surface area contributed by atoms with Crippen LogP contribution in [0.5, 0.6) is 0 Å². The fraction of sp³-hybridized carbons (Fsp3) is 0.333. The van der Waals surface area contributed by atoms with Crippen LogP contribution < -0.4 is 10.6 Å². The third-order valence-corrected chi connectivity index (χ3v) is 3.57. The van der Waals surface area contributed by atoms with Crippen LogP contribution in [-0.4, -0.2) is 43.3 Å². The van der Waals surface area contributed by atoms with Crippen molar-refractivity contribution in [3.05, 3.63) is 32.7 Å². The molecule has 0 aromatic carbocycles. The summed E-state index contributed by atoms with van der Waals surface area (Å²) in [5, 5.41) is 23.3. The quantitative estimate of drug-likeness (QED) is 0.591. The van der Waals surface area contributed by atoms with Gasteiger partial charge in [0.25, 0.3) is 5.91 Å². The van der Waals surface area contributed by atoms with E-state index < -0.39 is 22.6 Å². The summed E-state index contributed by atoms with van der Waals surface area (Å²) >= 11 is 5.82. The van der Waals surface area contributed by atoms with Crippen molar-refractivity contribution in [2.45, 2.75) is 13.5 Å². The minimum Gasteiger partial charge on any atom is -0.358 e. The van der Waals surface area contributed by atoms with Gasteiger partial charge in [0.15, 0.2) is 10.7 Å². The van der Waals surface area contributed by atoms with E-state index >= 15 is 0 Å². The molecule has 24 heavy (non-hydrogen) atoms. The number of hydrogen-bond acceptors (Lipinski definition) is 6. The van der Waals surface area contributed by atoms with E-state index in [0.29, 0.717) is 0 Å². The average Bonchev–Trinajstić information content (AvgIpc) is 3.01. The highest BCUT2D eigenvalue weighted by Gasteiger charge is 2.25. The molecule has 2 aromatic heterocycles. The van der Waals surface area contributed by atoms with Crippen LogP contribution in [0.15, 0.2) is 6.20 Å². The Morgan fingerprint density at radius 3 is 2.62 bits per heavy atom. The van der Waals surface area contributed by atoms with Crippen molar-refractivity contribution in [3.8, 4) is 0 Å². The number of nitrogens with one attached hydrogen (secondary N) is 2. The second-order valence-corrected chi connectivity index (χ2v) is 5.21. The fourth-order valence-electron chi connectivity index (χ4n) is 1.97. The van der Waals surface area contributed by atoms with Crippen LogP contribution >= 0.6 is 11.6 Å². The number of aryl methyl sites for hydroxylation is 1. The number of hydrogen-bond donors (Lipinski definition) is 2. The van der Waals surface area contributed by atoms with Crippen LogP contribution in [0.2, 0.25) is 5.02 Å². The number of halogens is 1. The molecule has 2 aromatic rings. The molecule has 0 saturated carbocycles. The van der Waals surface area contributed by atoms with Gasteiger partial charge in [-0.2, -0.15) is 9.78 Å². The van der Waals surface area contributed by atoms with Crippen molar-refractivity contribution in [1.29, 1.82) is 0 Å². The predicted octanol–water partition coefficient (Wildman–Crippen LogP) is 0.485. The molecule has 0 fully saturated rings. The standard InChI is InChI=1S/C12H14ClN7O4/c1-6-9(13)11(20(23)24)17-19(6)5-8(21)15-7-4-18(3)16-10(7)12(22)14-2/h4H,5H2,1-3H3,(H,14,22)(H,15,21). The fourth-order valence-corrected chi connectivity index (χ4v) is 2.18. The van der Waals surface area contributed by atoms with Crippen molar-refractivity contribution in [3.63, 3.8) is 0 Å². The molecule has 0 radical (unpaired) electrons. The van der Waals surface area contributed by atoms with Crippen molar-refractivity contribution in [2.75, 3.05) is 12.4 Å². The molecule has 0 aliphatic carbocycles. The van der Waals surface area contributed by atoms with Crippen LogP contribution in [-0.2, 0) is 18.4 Å². The van der Waals surface area contributed by atoms with Gasteiger partial charge in [-0.1, -0.05) is 11.6 Å². The molecule has 0 aliphatic rings. The first-order chi connectivity index (χ1) is 11.2. The van der Waals surface area contributed by atoms with Gasteiger partial charge < -0.3 is 20.7 Å². The number of aromatic nitrogens is 4. The second kappa shape index (κ2) is 6.66. The summed E-state index contributed by atoms with van der Waals surface area (Å²) in [5.74, 6) is -1.51. The molecule has 0 aliphatic heterocycles. The lowest BCUT2D eigenvalue weighted by molar-refractivity contribution is -0.389. The maximum Gasteiger partial charge on any atom is 0.408 e. The zero-order valence-electron chi connectivity index (χ0n) is 13.0. The zero-order chi connectivity index (χ0) is 18.0. The minimum atomic E-state index is -0.728. The summed E-state index contributed by atoms with van der Waals surface area (Å²) in [6, 6.07) is 0. The number of carbonyl (C=O) groups is 2. The zero-order valence-corrected chi connectivity index (χ0v) is 13.8. The Hall–Kier alpha value is -2.95. The van der Waals surface area contributed by atoms with E-state index in [1.807, 2.05) is 0 Å². The Morgan fingerprint density at radius 1 is 1.42 bits per heavy atom. The first-order valence-corrected chi connectivity index (χ1v) is 7.05. The van der Waals surface area contributed by atoms with Crippen LogP contribution in [0.25, 0.3) is 0 Å². The molecule has 2 heterocycles.